The summed E-state index contributed by atoms with van der Waals surface area (Å²) in [5.41, 5.74) is 1.43. The van der Waals surface area contributed by atoms with Gasteiger partial charge >= 0.3 is 6.03 Å². The Kier molecular flexibility index (Phi) is 5.23. The molecule has 2 aliphatic heterocycles. The monoisotopic (exact) mass is 352 g/mol. The third-order valence-corrected chi connectivity index (χ3v) is 5.92. The molecule has 5 nitrogen and oxygen atoms in total. The number of piperidine rings is 1. The number of urea groups is 1. The van der Waals surface area contributed by atoms with Crippen LogP contribution in [0.4, 0.5) is 4.79 Å². The van der Waals surface area contributed by atoms with E-state index in [9.17, 15) is 4.79 Å². The number of unbranched alkanes of at least 4 members (excludes halogenated alkanes) is 1. The molecule has 2 amide bonds. The number of hydrogen-bond acceptors (Lipinski definition) is 2. The molecule has 2 aliphatic rings. The largest absolute Gasteiger partial charge is 0.338 e. The Bertz CT molecular complexity index is 686. The number of carbonyl (C=O) groups is 1. The number of nitrogens with zero attached hydrogens (tertiary/aromatic N) is 3. The van der Waals surface area contributed by atoms with Crippen molar-refractivity contribution < 1.29 is 4.79 Å². The zero-order chi connectivity index (χ0) is 17.8. The number of hydrogen-bond donors (Lipinski definition) is 1. The second-order valence-corrected chi connectivity index (χ2v) is 7.61. The highest BCUT2D eigenvalue weighted by Gasteiger charge is 2.43. The molecule has 2 fully saturated rings. The molecule has 1 aromatic carbocycles. The molecule has 3 heterocycles. The highest BCUT2D eigenvalue weighted by atomic mass is 16.2. The Hall–Kier alpha value is -2.30. The third-order valence-electron chi connectivity index (χ3n) is 5.92. The van der Waals surface area contributed by atoms with Gasteiger partial charge in [0.1, 0.15) is 0 Å². The highest BCUT2D eigenvalue weighted by molar-refractivity contribution is 5.75. The fraction of sp³-hybridized carbons (Fsp3) is 0.524. The summed E-state index contributed by atoms with van der Waals surface area (Å²) < 4.78 is 2.08. The van der Waals surface area contributed by atoms with E-state index in [1.165, 1.54) is 5.56 Å². The van der Waals surface area contributed by atoms with Gasteiger partial charge in [0.2, 0.25) is 0 Å². The maximum atomic E-state index is 12.7. The first-order valence-corrected chi connectivity index (χ1v) is 9.88. The standard InChI is InChI=1S/C21H28N4O/c26-21(23-10-4-5-12-24-13-11-22-16-24)25-19-8-9-20(25)15-18(14-19)17-6-2-1-3-7-17/h1-3,6-7,11,13,16,18-20H,4-5,8-10,12,14-15H2,(H,23,26)/t18?,19-,20+. The second kappa shape index (κ2) is 7.94. The van der Waals surface area contributed by atoms with Crippen LogP contribution in [0.5, 0.6) is 0 Å². The van der Waals surface area contributed by atoms with E-state index in [-0.39, 0.29) is 6.03 Å². The van der Waals surface area contributed by atoms with Crippen LogP contribution in [-0.2, 0) is 6.54 Å². The minimum Gasteiger partial charge on any atom is -0.338 e. The molecule has 0 aliphatic carbocycles. The van der Waals surface area contributed by atoms with Gasteiger partial charge in [0.25, 0.3) is 0 Å². The van der Waals surface area contributed by atoms with E-state index in [1.807, 2.05) is 12.5 Å². The van der Waals surface area contributed by atoms with Gasteiger partial charge in [-0.15, -0.1) is 0 Å². The molecular weight excluding hydrogens is 324 g/mol. The molecule has 2 bridgehead atoms. The van der Waals surface area contributed by atoms with Crippen molar-refractivity contribution in [2.75, 3.05) is 6.54 Å². The van der Waals surface area contributed by atoms with Crippen molar-refractivity contribution in [1.82, 2.24) is 19.8 Å². The summed E-state index contributed by atoms with van der Waals surface area (Å²) >= 11 is 0. The summed E-state index contributed by atoms with van der Waals surface area (Å²) in [4.78, 5) is 18.9. The van der Waals surface area contributed by atoms with Crippen LogP contribution in [0, 0.1) is 0 Å². The quantitative estimate of drug-likeness (QED) is 0.804. The summed E-state index contributed by atoms with van der Waals surface area (Å²) in [6.07, 6.45) is 12.2. The normalized spacial score (nSPS) is 24.6. The van der Waals surface area contributed by atoms with Crippen LogP contribution >= 0.6 is 0 Å². The summed E-state index contributed by atoms with van der Waals surface area (Å²) in [5.74, 6) is 0.605. The molecule has 0 saturated carbocycles. The zero-order valence-corrected chi connectivity index (χ0v) is 15.3. The van der Waals surface area contributed by atoms with E-state index < -0.39 is 0 Å². The maximum Gasteiger partial charge on any atom is 0.317 e. The van der Waals surface area contributed by atoms with E-state index in [0.29, 0.717) is 18.0 Å². The van der Waals surface area contributed by atoms with E-state index in [1.54, 1.807) is 6.20 Å². The van der Waals surface area contributed by atoms with Gasteiger partial charge in [0.15, 0.2) is 0 Å². The van der Waals surface area contributed by atoms with Crippen molar-refractivity contribution in [3.05, 3.63) is 54.6 Å². The fourth-order valence-electron chi connectivity index (χ4n) is 4.63. The SMILES string of the molecule is O=C(NCCCCn1ccnc1)N1[C@@H]2CC[C@H]1CC(c1ccccc1)C2. The van der Waals surface area contributed by atoms with Gasteiger partial charge < -0.3 is 14.8 Å². The topological polar surface area (TPSA) is 50.2 Å². The summed E-state index contributed by atoms with van der Waals surface area (Å²) in [6.45, 7) is 1.72. The lowest BCUT2D eigenvalue weighted by Gasteiger charge is -2.39. The molecule has 26 heavy (non-hydrogen) atoms. The van der Waals surface area contributed by atoms with Crippen molar-refractivity contribution in [3.63, 3.8) is 0 Å². The van der Waals surface area contributed by atoms with Crippen LogP contribution in [-0.4, -0.2) is 39.1 Å². The Morgan fingerprint density at radius 1 is 1.12 bits per heavy atom. The number of nitrogens with one attached hydrogen (secondary N) is 1. The highest BCUT2D eigenvalue weighted by Crippen LogP contribution is 2.42. The number of rotatable bonds is 6. The minimum atomic E-state index is 0.145. The van der Waals surface area contributed by atoms with Gasteiger partial charge in [-0.3, -0.25) is 0 Å². The lowest BCUT2D eigenvalue weighted by Crippen LogP contribution is -2.50. The average Bonchev–Trinajstić information content (AvgIpc) is 3.28. The van der Waals surface area contributed by atoms with Gasteiger partial charge in [-0.25, -0.2) is 9.78 Å². The molecule has 1 unspecified atom stereocenters. The molecular formula is C21H28N4O. The molecule has 3 atom stereocenters. The van der Waals surface area contributed by atoms with Gasteiger partial charge in [-0.1, -0.05) is 30.3 Å². The third kappa shape index (κ3) is 3.76. The maximum absolute atomic E-state index is 12.7. The predicted molar refractivity (Wildman–Crippen MR) is 102 cm³/mol. The van der Waals surface area contributed by atoms with Crippen molar-refractivity contribution in [2.24, 2.45) is 0 Å². The first-order chi connectivity index (χ1) is 12.8. The number of aryl methyl sites for hydroxylation is 1. The number of fused-ring (bicyclic) bond motifs is 2. The molecule has 0 spiro atoms. The Morgan fingerprint density at radius 3 is 2.58 bits per heavy atom. The molecule has 2 aromatic rings. The average molecular weight is 352 g/mol. The van der Waals surface area contributed by atoms with E-state index in [2.05, 4.69) is 50.1 Å². The lowest BCUT2D eigenvalue weighted by atomic mass is 9.85. The van der Waals surface area contributed by atoms with E-state index >= 15 is 0 Å². The van der Waals surface area contributed by atoms with Gasteiger partial charge in [0, 0.05) is 37.6 Å². The number of imidazole rings is 1. The van der Waals surface area contributed by atoms with E-state index in [0.717, 1.165) is 51.6 Å². The number of carbonyl (C=O) groups excluding carboxylic acids is 1. The van der Waals surface area contributed by atoms with Crippen molar-refractivity contribution >= 4 is 6.03 Å². The van der Waals surface area contributed by atoms with Crippen LogP contribution in [0.3, 0.4) is 0 Å². The molecule has 1 aromatic heterocycles. The van der Waals surface area contributed by atoms with Crippen molar-refractivity contribution in [3.8, 4) is 0 Å². The van der Waals surface area contributed by atoms with Crippen LogP contribution < -0.4 is 5.32 Å². The van der Waals surface area contributed by atoms with Crippen LogP contribution in [0.2, 0.25) is 0 Å². The van der Waals surface area contributed by atoms with Crippen LogP contribution in [0.1, 0.15) is 50.0 Å². The smallest absolute Gasteiger partial charge is 0.317 e. The molecule has 5 heteroatoms. The van der Waals surface area contributed by atoms with Gasteiger partial charge in [-0.2, -0.15) is 0 Å². The number of amides is 2. The summed E-state index contributed by atoms with van der Waals surface area (Å²) in [5, 5.41) is 3.15. The summed E-state index contributed by atoms with van der Waals surface area (Å²) in [7, 11) is 0. The predicted octanol–water partition coefficient (Wildman–Crippen LogP) is 3.78. The lowest BCUT2D eigenvalue weighted by molar-refractivity contribution is 0.138. The first kappa shape index (κ1) is 17.1. The fourth-order valence-corrected chi connectivity index (χ4v) is 4.63. The molecule has 1 N–H and O–H groups in total. The summed E-state index contributed by atoms with van der Waals surface area (Å²) in [6, 6.07) is 11.8. The first-order valence-electron chi connectivity index (χ1n) is 9.88. The molecule has 0 radical (unpaired) electrons. The van der Waals surface area contributed by atoms with Crippen molar-refractivity contribution in [1.29, 1.82) is 0 Å². The van der Waals surface area contributed by atoms with E-state index in [4.69, 9.17) is 0 Å². The Labute approximate surface area is 155 Å². The van der Waals surface area contributed by atoms with Crippen LogP contribution in [0.15, 0.2) is 49.1 Å². The Balaban J connectivity index is 1.24. The number of benzene rings is 1. The number of aromatic nitrogens is 2. The molecule has 138 valence electrons. The van der Waals surface area contributed by atoms with Crippen molar-refractivity contribution in [2.45, 2.75) is 63.1 Å². The Morgan fingerprint density at radius 2 is 1.88 bits per heavy atom. The molecule has 4 rings (SSSR count). The molecule has 2 saturated heterocycles. The van der Waals surface area contributed by atoms with Gasteiger partial charge in [0.05, 0.1) is 6.33 Å². The van der Waals surface area contributed by atoms with Crippen LogP contribution in [0.25, 0.3) is 0 Å². The zero-order valence-electron chi connectivity index (χ0n) is 15.3. The second-order valence-electron chi connectivity index (χ2n) is 7.61. The minimum absolute atomic E-state index is 0.145. The van der Waals surface area contributed by atoms with Gasteiger partial charge in [-0.05, 0) is 50.0 Å².